The fourth-order valence-electron chi connectivity index (χ4n) is 3.22. The molecule has 0 atom stereocenters. The van der Waals surface area contributed by atoms with E-state index < -0.39 is 17.3 Å². The van der Waals surface area contributed by atoms with Crippen molar-refractivity contribution >= 4 is 46.1 Å². The van der Waals surface area contributed by atoms with Crippen LogP contribution in [0.3, 0.4) is 0 Å². The van der Waals surface area contributed by atoms with Gasteiger partial charge in [0, 0.05) is 39.5 Å². The van der Waals surface area contributed by atoms with E-state index in [0.29, 0.717) is 23.5 Å². The van der Waals surface area contributed by atoms with E-state index in [0.717, 1.165) is 4.57 Å². The van der Waals surface area contributed by atoms with Crippen LogP contribution >= 0.6 is 11.6 Å². The molecule has 0 unspecified atom stereocenters. The third-order valence-corrected chi connectivity index (χ3v) is 5.19. The number of fused-ring (bicyclic) bond motifs is 1. The van der Waals surface area contributed by atoms with Gasteiger partial charge in [-0.2, -0.15) is 18.2 Å². The molecule has 4 aromatic heterocycles. The zero-order valence-corrected chi connectivity index (χ0v) is 19.2. The number of ether oxygens (including phenoxy) is 1. The van der Waals surface area contributed by atoms with E-state index in [9.17, 15) is 22.8 Å². The molecule has 14 heteroatoms. The Bertz CT molecular complexity index is 1510. The van der Waals surface area contributed by atoms with E-state index >= 15 is 0 Å². The Kier molecular flexibility index (Phi) is 6.11. The van der Waals surface area contributed by atoms with E-state index in [-0.39, 0.29) is 39.8 Å². The van der Waals surface area contributed by atoms with Crippen molar-refractivity contribution < 1.29 is 22.7 Å². The number of anilines is 3. The van der Waals surface area contributed by atoms with E-state index in [1.807, 2.05) is 0 Å². The summed E-state index contributed by atoms with van der Waals surface area (Å²) >= 11 is 6.53. The topological polar surface area (TPSA) is 116 Å². The molecule has 0 aromatic carbocycles. The second kappa shape index (κ2) is 8.91. The maximum absolute atomic E-state index is 13.2. The summed E-state index contributed by atoms with van der Waals surface area (Å²) in [6, 6.07) is 3.74. The number of nitrogens with zero attached hydrogens (tertiary/aromatic N) is 5. The average Bonchev–Trinajstić information content (AvgIpc) is 3.08. The summed E-state index contributed by atoms with van der Waals surface area (Å²) in [5.41, 5.74) is -1.52. The van der Waals surface area contributed by atoms with E-state index in [2.05, 4.69) is 25.6 Å². The van der Waals surface area contributed by atoms with Gasteiger partial charge in [-0.3, -0.25) is 9.59 Å². The fourth-order valence-corrected chi connectivity index (χ4v) is 3.52. The molecular weight excluding hydrogens is 491 g/mol. The van der Waals surface area contributed by atoms with E-state index in [1.165, 1.54) is 37.0 Å². The smallest absolute Gasteiger partial charge is 0.417 e. The van der Waals surface area contributed by atoms with Gasteiger partial charge >= 0.3 is 6.18 Å². The molecule has 0 fully saturated rings. The molecule has 0 saturated carbocycles. The van der Waals surface area contributed by atoms with E-state index in [4.69, 9.17) is 16.3 Å². The monoisotopic (exact) mass is 507 g/mol. The molecule has 4 aromatic rings. The summed E-state index contributed by atoms with van der Waals surface area (Å²) in [5.74, 6) is 0.486. The number of carbonyl (C=O) groups is 1. The summed E-state index contributed by atoms with van der Waals surface area (Å²) in [6.45, 7) is 1.34. The number of carbonyl (C=O) groups excluding carboxylic acids is 1. The molecule has 0 spiro atoms. The van der Waals surface area contributed by atoms with Crippen molar-refractivity contribution in [1.82, 2.24) is 24.1 Å². The van der Waals surface area contributed by atoms with Gasteiger partial charge in [0.25, 0.3) is 5.56 Å². The summed E-state index contributed by atoms with van der Waals surface area (Å²) in [7, 11) is 2.77. The molecule has 10 nitrogen and oxygen atoms in total. The number of nitrogens with one attached hydrogen (secondary N) is 2. The van der Waals surface area contributed by atoms with Crippen LogP contribution in [0.4, 0.5) is 30.6 Å². The van der Waals surface area contributed by atoms with Crippen LogP contribution in [-0.2, 0) is 25.1 Å². The number of alkyl halides is 3. The van der Waals surface area contributed by atoms with Gasteiger partial charge in [-0.25, -0.2) is 9.97 Å². The Labute approximate surface area is 200 Å². The highest BCUT2D eigenvalue weighted by atomic mass is 35.5. The van der Waals surface area contributed by atoms with Crippen LogP contribution in [0.2, 0.25) is 5.02 Å². The normalized spacial score (nSPS) is 11.5. The van der Waals surface area contributed by atoms with Gasteiger partial charge in [-0.15, -0.1) is 0 Å². The summed E-state index contributed by atoms with van der Waals surface area (Å²) in [4.78, 5) is 36.1. The highest BCUT2D eigenvalue weighted by molar-refractivity contribution is 6.36. The number of aromatic nitrogens is 5. The molecule has 1 amide bonds. The second-order valence-corrected chi connectivity index (χ2v) is 7.82. The molecule has 4 rings (SSSR count). The van der Waals surface area contributed by atoms with Crippen LogP contribution in [0.25, 0.3) is 11.2 Å². The Morgan fingerprint density at radius 3 is 2.63 bits per heavy atom. The predicted octanol–water partition coefficient (Wildman–Crippen LogP) is 4.23. The molecule has 0 aliphatic carbocycles. The third kappa shape index (κ3) is 4.89. The number of amides is 1. The quantitative estimate of drug-likeness (QED) is 0.415. The predicted molar refractivity (Wildman–Crippen MR) is 122 cm³/mol. The van der Waals surface area contributed by atoms with Crippen molar-refractivity contribution in [3.05, 3.63) is 57.7 Å². The first-order valence-corrected chi connectivity index (χ1v) is 10.3. The van der Waals surface area contributed by atoms with Gasteiger partial charge in [-0.1, -0.05) is 11.6 Å². The van der Waals surface area contributed by atoms with Crippen molar-refractivity contribution in [3.8, 4) is 11.5 Å². The molecule has 0 bridgehead atoms. The second-order valence-electron chi connectivity index (χ2n) is 7.44. The number of hydrogen-bond acceptors (Lipinski definition) is 7. The Balaban J connectivity index is 1.70. The minimum Gasteiger partial charge on any atom is -0.454 e. The molecule has 0 aliphatic heterocycles. The van der Waals surface area contributed by atoms with Crippen molar-refractivity contribution in [1.29, 1.82) is 0 Å². The first-order chi connectivity index (χ1) is 16.4. The van der Waals surface area contributed by atoms with Crippen LogP contribution in [0, 0.1) is 0 Å². The number of pyridine rings is 3. The number of halogens is 4. The molecule has 182 valence electrons. The fraction of sp³-hybridized carbons (Fsp3) is 0.190. The van der Waals surface area contributed by atoms with Crippen molar-refractivity contribution in [2.45, 2.75) is 13.1 Å². The maximum atomic E-state index is 13.2. The summed E-state index contributed by atoms with van der Waals surface area (Å²) < 4.78 is 47.6. The van der Waals surface area contributed by atoms with Gasteiger partial charge < -0.3 is 24.5 Å². The lowest BCUT2D eigenvalue weighted by Crippen LogP contribution is -2.23. The average molecular weight is 508 g/mol. The van der Waals surface area contributed by atoms with Crippen molar-refractivity contribution in [2.75, 3.05) is 10.6 Å². The molecule has 0 radical (unpaired) electrons. The van der Waals surface area contributed by atoms with Gasteiger partial charge in [0.15, 0.2) is 11.4 Å². The Hall–Kier alpha value is -4.13. The largest absolute Gasteiger partial charge is 0.454 e. The molecular formula is C21H17ClF3N7O3. The van der Waals surface area contributed by atoms with Crippen LogP contribution in [0.15, 0.2) is 41.6 Å². The van der Waals surface area contributed by atoms with E-state index in [1.54, 1.807) is 13.1 Å². The molecule has 0 aliphatic rings. The standard InChI is InChI=1S/C21H17ClF3N7O3/c1-10(33)28-15-7-12(4-5-26-15)35-14-8-27-18-17(16(14)22)32(3)20(30-18)29-13-6-11(21(23,24)25)9-31(2)19(13)34/h4-9H,1-3H3,(H,26,28,33)(H,27,29,30). The van der Waals surface area contributed by atoms with Crippen molar-refractivity contribution in [2.24, 2.45) is 14.1 Å². The van der Waals surface area contributed by atoms with Crippen LogP contribution < -0.4 is 20.9 Å². The number of imidazole rings is 1. The lowest BCUT2D eigenvalue weighted by molar-refractivity contribution is -0.138. The third-order valence-electron chi connectivity index (χ3n) is 4.83. The minimum atomic E-state index is -4.64. The van der Waals surface area contributed by atoms with Gasteiger partial charge in [0.1, 0.15) is 27.8 Å². The van der Waals surface area contributed by atoms with Gasteiger partial charge in [-0.05, 0) is 12.1 Å². The summed E-state index contributed by atoms with van der Waals surface area (Å²) in [6.07, 6.45) is -1.18. The zero-order valence-electron chi connectivity index (χ0n) is 18.4. The molecule has 4 heterocycles. The zero-order chi connectivity index (χ0) is 25.5. The lowest BCUT2D eigenvalue weighted by Gasteiger charge is -2.12. The van der Waals surface area contributed by atoms with Crippen LogP contribution in [0.5, 0.6) is 11.5 Å². The molecule has 0 saturated heterocycles. The lowest BCUT2D eigenvalue weighted by atomic mass is 10.2. The summed E-state index contributed by atoms with van der Waals surface area (Å²) in [5, 5.41) is 5.29. The first kappa shape index (κ1) is 24.0. The number of aryl methyl sites for hydroxylation is 2. The maximum Gasteiger partial charge on any atom is 0.417 e. The van der Waals surface area contributed by atoms with Gasteiger partial charge in [0.05, 0.1) is 11.8 Å². The molecule has 2 N–H and O–H groups in total. The van der Waals surface area contributed by atoms with Gasteiger partial charge in [0.2, 0.25) is 11.9 Å². The van der Waals surface area contributed by atoms with Crippen LogP contribution in [0.1, 0.15) is 12.5 Å². The first-order valence-electron chi connectivity index (χ1n) is 9.91. The number of hydrogen-bond donors (Lipinski definition) is 2. The highest BCUT2D eigenvalue weighted by Crippen LogP contribution is 2.36. The Morgan fingerprint density at radius 2 is 1.94 bits per heavy atom. The minimum absolute atomic E-state index is 0.0415. The van der Waals surface area contributed by atoms with Crippen LogP contribution in [-0.4, -0.2) is 30.0 Å². The number of rotatable bonds is 5. The van der Waals surface area contributed by atoms with Crippen molar-refractivity contribution in [3.63, 3.8) is 0 Å². The SMILES string of the molecule is CC(=O)Nc1cc(Oc2cnc3nc(Nc4cc(C(F)(F)F)cn(C)c4=O)n(C)c3c2Cl)ccn1. The molecule has 35 heavy (non-hydrogen) atoms. The Morgan fingerprint density at radius 1 is 1.20 bits per heavy atom. The highest BCUT2D eigenvalue weighted by Gasteiger charge is 2.32.